The second-order valence-electron chi connectivity index (χ2n) is 5.33. The van der Waals surface area contributed by atoms with E-state index in [0.717, 1.165) is 12.8 Å². The van der Waals surface area contributed by atoms with E-state index in [2.05, 4.69) is 10.3 Å². The summed E-state index contributed by atoms with van der Waals surface area (Å²) in [6.07, 6.45) is 2.04. The molecule has 104 valence electrons. The minimum absolute atomic E-state index is 0.159. The summed E-state index contributed by atoms with van der Waals surface area (Å²) in [5, 5.41) is 3.49. The zero-order valence-corrected chi connectivity index (χ0v) is 11.5. The highest BCUT2D eigenvalue weighted by molar-refractivity contribution is 6.07. The zero-order valence-electron chi connectivity index (χ0n) is 11.5. The monoisotopic (exact) mass is 273 g/mol. The first kappa shape index (κ1) is 12.8. The highest BCUT2D eigenvalue weighted by atomic mass is 19.1. The zero-order chi connectivity index (χ0) is 14.3. The molecular weight excluding hydrogens is 257 g/mol. The predicted octanol–water partition coefficient (Wildman–Crippen LogP) is 2.33. The van der Waals surface area contributed by atoms with Crippen LogP contribution in [0.5, 0.6) is 0 Å². The molecule has 1 heterocycles. The van der Waals surface area contributed by atoms with Gasteiger partial charge in [0.15, 0.2) is 0 Å². The van der Waals surface area contributed by atoms with Crippen molar-refractivity contribution in [3.05, 3.63) is 35.6 Å². The molecule has 0 atom stereocenters. The van der Waals surface area contributed by atoms with Gasteiger partial charge >= 0.3 is 0 Å². The number of aromatic nitrogens is 1. The molecule has 5 heteroatoms. The first-order chi connectivity index (χ1) is 9.54. The third-order valence-corrected chi connectivity index (χ3v) is 3.37. The molecule has 1 N–H and O–H groups in total. The van der Waals surface area contributed by atoms with Crippen molar-refractivity contribution in [2.75, 3.05) is 19.0 Å². The summed E-state index contributed by atoms with van der Waals surface area (Å²) in [4.78, 5) is 18.6. The molecular formula is C15H16FN3O. The number of anilines is 1. The SMILES string of the molecule is CN(C)c1cc(C(=O)NC2CC2)c2cc(F)ccc2n1. The molecule has 1 aliphatic rings. The summed E-state index contributed by atoms with van der Waals surface area (Å²) in [6, 6.07) is 6.30. The molecule has 0 bridgehead atoms. The van der Waals surface area contributed by atoms with E-state index in [0.29, 0.717) is 22.3 Å². The van der Waals surface area contributed by atoms with Gasteiger partial charge in [-0.15, -0.1) is 0 Å². The fourth-order valence-corrected chi connectivity index (χ4v) is 2.09. The maximum atomic E-state index is 13.4. The van der Waals surface area contributed by atoms with Crippen LogP contribution in [0, 0.1) is 5.82 Å². The minimum atomic E-state index is -0.364. The second kappa shape index (κ2) is 4.74. The number of nitrogens with one attached hydrogen (secondary N) is 1. The molecule has 0 unspecified atom stereocenters. The van der Waals surface area contributed by atoms with E-state index in [4.69, 9.17) is 0 Å². The van der Waals surface area contributed by atoms with Crippen LogP contribution < -0.4 is 10.2 Å². The van der Waals surface area contributed by atoms with E-state index in [1.807, 2.05) is 19.0 Å². The molecule has 2 aromatic rings. The van der Waals surface area contributed by atoms with Crippen LogP contribution in [-0.4, -0.2) is 31.0 Å². The Kier molecular flexibility index (Phi) is 3.04. The largest absolute Gasteiger partial charge is 0.363 e. The van der Waals surface area contributed by atoms with Gasteiger partial charge in [-0.2, -0.15) is 0 Å². The minimum Gasteiger partial charge on any atom is -0.363 e. The van der Waals surface area contributed by atoms with Crippen LogP contribution in [0.2, 0.25) is 0 Å². The highest BCUT2D eigenvalue weighted by Gasteiger charge is 2.25. The van der Waals surface area contributed by atoms with Gasteiger partial charge < -0.3 is 10.2 Å². The van der Waals surface area contributed by atoms with Crippen molar-refractivity contribution in [2.24, 2.45) is 0 Å². The second-order valence-corrected chi connectivity index (χ2v) is 5.33. The molecule has 0 saturated heterocycles. The molecule has 0 spiro atoms. The van der Waals surface area contributed by atoms with Crippen LogP contribution in [-0.2, 0) is 0 Å². The van der Waals surface area contributed by atoms with Gasteiger partial charge in [-0.3, -0.25) is 4.79 Å². The van der Waals surface area contributed by atoms with Crippen LogP contribution >= 0.6 is 0 Å². The molecule has 1 saturated carbocycles. The lowest BCUT2D eigenvalue weighted by molar-refractivity contribution is 0.0952. The van der Waals surface area contributed by atoms with Gasteiger partial charge in [0.2, 0.25) is 0 Å². The van der Waals surface area contributed by atoms with Crippen molar-refractivity contribution >= 4 is 22.6 Å². The average Bonchev–Trinajstić information content (AvgIpc) is 3.21. The van der Waals surface area contributed by atoms with E-state index >= 15 is 0 Å². The Morgan fingerprint density at radius 1 is 1.35 bits per heavy atom. The molecule has 3 rings (SSSR count). The third kappa shape index (κ3) is 2.43. The number of amides is 1. The van der Waals surface area contributed by atoms with Crippen LogP contribution in [0.4, 0.5) is 10.2 Å². The Bertz CT molecular complexity index is 680. The Hall–Kier alpha value is -2.17. The number of benzene rings is 1. The molecule has 4 nitrogen and oxygen atoms in total. The van der Waals surface area contributed by atoms with Crippen LogP contribution in [0.25, 0.3) is 10.9 Å². The summed E-state index contributed by atoms with van der Waals surface area (Å²) >= 11 is 0. The van der Waals surface area contributed by atoms with Crippen molar-refractivity contribution in [3.63, 3.8) is 0 Å². The summed E-state index contributed by atoms with van der Waals surface area (Å²) in [5.74, 6) is 0.163. The maximum Gasteiger partial charge on any atom is 0.252 e. The normalized spacial score (nSPS) is 14.3. The van der Waals surface area contributed by atoms with Crippen LogP contribution in [0.15, 0.2) is 24.3 Å². The summed E-state index contributed by atoms with van der Waals surface area (Å²) in [7, 11) is 3.72. The molecule has 20 heavy (non-hydrogen) atoms. The van der Waals surface area contributed by atoms with Gasteiger partial charge in [0.1, 0.15) is 11.6 Å². The first-order valence-electron chi connectivity index (χ1n) is 6.63. The van der Waals surface area contributed by atoms with E-state index in [9.17, 15) is 9.18 Å². The molecule has 1 aliphatic carbocycles. The van der Waals surface area contributed by atoms with Gasteiger partial charge in [0, 0.05) is 25.5 Å². The number of hydrogen-bond acceptors (Lipinski definition) is 3. The van der Waals surface area contributed by atoms with E-state index in [1.54, 1.807) is 12.1 Å². The van der Waals surface area contributed by atoms with Crippen molar-refractivity contribution in [1.29, 1.82) is 0 Å². The number of hydrogen-bond donors (Lipinski definition) is 1. The van der Waals surface area contributed by atoms with Crippen molar-refractivity contribution in [2.45, 2.75) is 18.9 Å². The molecule has 0 radical (unpaired) electrons. The molecule has 1 aromatic heterocycles. The average molecular weight is 273 g/mol. The van der Waals surface area contributed by atoms with Gasteiger partial charge in [0.05, 0.1) is 11.1 Å². The van der Waals surface area contributed by atoms with Crippen molar-refractivity contribution in [1.82, 2.24) is 10.3 Å². The highest BCUT2D eigenvalue weighted by Crippen LogP contribution is 2.25. The van der Waals surface area contributed by atoms with Gasteiger partial charge in [-0.05, 0) is 37.1 Å². The molecule has 1 amide bonds. The number of carbonyl (C=O) groups excluding carboxylic acids is 1. The number of nitrogens with zero attached hydrogens (tertiary/aromatic N) is 2. The lowest BCUT2D eigenvalue weighted by Gasteiger charge is -2.15. The van der Waals surface area contributed by atoms with Gasteiger partial charge in [-0.1, -0.05) is 0 Å². The Labute approximate surface area is 116 Å². The Morgan fingerprint density at radius 2 is 2.10 bits per heavy atom. The van der Waals surface area contributed by atoms with Gasteiger partial charge in [-0.25, -0.2) is 9.37 Å². The van der Waals surface area contributed by atoms with Crippen molar-refractivity contribution < 1.29 is 9.18 Å². The number of rotatable bonds is 3. The predicted molar refractivity (Wildman–Crippen MR) is 76.5 cm³/mol. The number of pyridine rings is 1. The fourth-order valence-electron chi connectivity index (χ4n) is 2.09. The summed E-state index contributed by atoms with van der Waals surface area (Å²) in [5.41, 5.74) is 1.10. The smallest absolute Gasteiger partial charge is 0.252 e. The van der Waals surface area contributed by atoms with E-state index < -0.39 is 0 Å². The standard InChI is InChI=1S/C15H16FN3O/c1-19(2)14-8-12(15(20)17-10-4-5-10)11-7-9(16)3-6-13(11)18-14/h3,6-8,10H,4-5H2,1-2H3,(H,17,20). The van der Waals surface area contributed by atoms with E-state index in [1.165, 1.54) is 12.1 Å². The maximum absolute atomic E-state index is 13.4. The van der Waals surface area contributed by atoms with Crippen LogP contribution in [0.1, 0.15) is 23.2 Å². The van der Waals surface area contributed by atoms with Crippen LogP contribution in [0.3, 0.4) is 0 Å². The van der Waals surface area contributed by atoms with Crippen molar-refractivity contribution in [3.8, 4) is 0 Å². The van der Waals surface area contributed by atoms with Gasteiger partial charge in [0.25, 0.3) is 5.91 Å². The quantitative estimate of drug-likeness (QED) is 0.933. The summed E-state index contributed by atoms with van der Waals surface area (Å²) < 4.78 is 13.4. The molecule has 0 aliphatic heterocycles. The fraction of sp³-hybridized carbons (Fsp3) is 0.333. The summed E-state index contributed by atoms with van der Waals surface area (Å²) in [6.45, 7) is 0. The number of carbonyl (C=O) groups is 1. The molecule has 1 aromatic carbocycles. The number of fused-ring (bicyclic) bond motifs is 1. The Morgan fingerprint density at radius 3 is 2.75 bits per heavy atom. The van der Waals surface area contributed by atoms with E-state index in [-0.39, 0.29) is 17.8 Å². The lowest BCUT2D eigenvalue weighted by Crippen LogP contribution is -2.26. The number of halogens is 1. The lowest BCUT2D eigenvalue weighted by atomic mass is 10.1. The molecule has 1 fully saturated rings. The topological polar surface area (TPSA) is 45.2 Å². The third-order valence-electron chi connectivity index (χ3n) is 3.37. The Balaban J connectivity index is 2.14. The first-order valence-corrected chi connectivity index (χ1v) is 6.63.